The Morgan fingerprint density at radius 2 is 1.71 bits per heavy atom. The zero-order valence-corrected chi connectivity index (χ0v) is 9.21. The third-order valence-corrected chi connectivity index (χ3v) is 3.22. The molecule has 1 unspecified atom stereocenters. The van der Waals surface area contributed by atoms with Crippen molar-refractivity contribution in [3.8, 4) is 6.07 Å². The van der Waals surface area contributed by atoms with Gasteiger partial charge in [0.25, 0.3) is 0 Å². The molecule has 14 heavy (non-hydrogen) atoms. The second kappa shape index (κ2) is 4.51. The van der Waals surface area contributed by atoms with E-state index in [2.05, 4.69) is 11.0 Å². The van der Waals surface area contributed by atoms with Crippen LogP contribution in [0.1, 0.15) is 25.7 Å². The molecular formula is C11H17ClN2. The quantitative estimate of drug-likeness (QED) is 0.632. The molecule has 0 radical (unpaired) electrons. The van der Waals surface area contributed by atoms with Crippen molar-refractivity contribution in [1.82, 2.24) is 4.90 Å². The molecule has 0 bridgehead atoms. The smallest absolute Gasteiger partial charge is 0.133 e. The van der Waals surface area contributed by atoms with Gasteiger partial charge in [-0.1, -0.05) is 0 Å². The molecule has 0 aromatic heterocycles. The van der Waals surface area contributed by atoms with E-state index in [0.717, 1.165) is 18.4 Å². The minimum absolute atomic E-state index is 0.326. The maximum Gasteiger partial charge on any atom is 0.133 e. The monoisotopic (exact) mass is 212 g/mol. The van der Waals surface area contributed by atoms with Crippen LogP contribution in [-0.4, -0.2) is 29.9 Å². The molecule has 2 aliphatic rings. The van der Waals surface area contributed by atoms with Gasteiger partial charge in [-0.3, -0.25) is 0 Å². The van der Waals surface area contributed by atoms with Crippen LogP contribution in [0.4, 0.5) is 0 Å². The van der Waals surface area contributed by atoms with E-state index in [1.807, 2.05) is 0 Å². The number of nitriles is 1. The Bertz CT molecular complexity index is 214. The molecule has 3 heteroatoms. The summed E-state index contributed by atoms with van der Waals surface area (Å²) in [5.41, 5.74) is 0. The normalized spacial score (nSPS) is 23.5. The second-order valence-electron chi connectivity index (χ2n) is 4.70. The average molecular weight is 213 g/mol. The molecule has 2 aliphatic carbocycles. The summed E-state index contributed by atoms with van der Waals surface area (Å²) in [5.74, 6) is 1.80. The number of rotatable bonds is 6. The molecule has 0 saturated heterocycles. The molecule has 1 atom stereocenters. The van der Waals surface area contributed by atoms with Crippen LogP contribution in [0, 0.1) is 23.2 Å². The molecule has 0 aromatic carbocycles. The summed E-state index contributed by atoms with van der Waals surface area (Å²) in [6, 6.07) is 2.11. The second-order valence-corrected chi connectivity index (χ2v) is 5.23. The van der Waals surface area contributed by atoms with Crippen molar-refractivity contribution in [1.29, 1.82) is 5.26 Å². The summed E-state index contributed by atoms with van der Waals surface area (Å²) in [5, 5.41) is 8.35. The zero-order chi connectivity index (χ0) is 9.97. The summed E-state index contributed by atoms with van der Waals surface area (Å²) in [7, 11) is 0. The van der Waals surface area contributed by atoms with Crippen LogP contribution in [0.3, 0.4) is 0 Å². The fraction of sp³-hybridized carbons (Fsp3) is 0.909. The number of hydrogen-bond acceptors (Lipinski definition) is 2. The van der Waals surface area contributed by atoms with E-state index in [1.165, 1.54) is 38.8 Å². The van der Waals surface area contributed by atoms with Gasteiger partial charge in [0.1, 0.15) is 5.38 Å². The highest BCUT2D eigenvalue weighted by Crippen LogP contribution is 2.33. The Kier molecular flexibility index (Phi) is 3.30. The number of hydrogen-bond donors (Lipinski definition) is 0. The lowest BCUT2D eigenvalue weighted by molar-refractivity contribution is 0.259. The molecule has 78 valence electrons. The van der Waals surface area contributed by atoms with Gasteiger partial charge in [-0.2, -0.15) is 5.26 Å². The maximum atomic E-state index is 8.67. The van der Waals surface area contributed by atoms with Crippen LogP contribution in [0.25, 0.3) is 0 Å². The van der Waals surface area contributed by atoms with Crippen molar-refractivity contribution >= 4 is 11.6 Å². The third kappa shape index (κ3) is 3.48. The summed E-state index contributed by atoms with van der Waals surface area (Å²) in [6.45, 7) is 3.09. The fourth-order valence-electron chi connectivity index (χ4n) is 1.82. The van der Waals surface area contributed by atoms with Gasteiger partial charge in [0.2, 0.25) is 0 Å². The minimum Gasteiger partial charge on any atom is -0.300 e. The topological polar surface area (TPSA) is 27.0 Å². The van der Waals surface area contributed by atoms with Crippen LogP contribution >= 0.6 is 11.6 Å². The number of halogens is 1. The zero-order valence-electron chi connectivity index (χ0n) is 8.45. The lowest BCUT2D eigenvalue weighted by atomic mass is 10.3. The summed E-state index contributed by atoms with van der Waals surface area (Å²) >= 11 is 5.86. The average Bonchev–Trinajstić information content (AvgIpc) is 2.99. The van der Waals surface area contributed by atoms with Crippen LogP contribution in [-0.2, 0) is 0 Å². The van der Waals surface area contributed by atoms with E-state index in [-0.39, 0.29) is 5.38 Å². The highest BCUT2D eigenvalue weighted by atomic mass is 35.5. The first-order valence-corrected chi connectivity index (χ1v) is 5.97. The Hall–Kier alpha value is -0.260. The standard InChI is InChI=1S/C11H17ClN2/c12-11(5-13)8-14(6-9-1-2-9)7-10-3-4-10/h9-11H,1-4,6-8H2. The van der Waals surface area contributed by atoms with Gasteiger partial charge in [0, 0.05) is 19.6 Å². The van der Waals surface area contributed by atoms with Gasteiger partial charge in [0.15, 0.2) is 0 Å². The first-order chi connectivity index (χ1) is 6.78. The summed E-state index contributed by atoms with van der Waals surface area (Å²) < 4.78 is 0. The van der Waals surface area contributed by atoms with E-state index in [1.54, 1.807) is 0 Å². The van der Waals surface area contributed by atoms with E-state index in [9.17, 15) is 0 Å². The number of nitrogens with zero attached hydrogens (tertiary/aromatic N) is 2. The highest BCUT2D eigenvalue weighted by Gasteiger charge is 2.29. The molecule has 0 heterocycles. The van der Waals surface area contributed by atoms with Crippen molar-refractivity contribution < 1.29 is 0 Å². The Morgan fingerprint density at radius 3 is 2.07 bits per heavy atom. The lowest BCUT2D eigenvalue weighted by Gasteiger charge is -2.22. The van der Waals surface area contributed by atoms with Crippen molar-refractivity contribution in [2.24, 2.45) is 11.8 Å². The van der Waals surface area contributed by atoms with Crippen molar-refractivity contribution in [2.75, 3.05) is 19.6 Å². The molecule has 2 rings (SSSR count). The Balaban J connectivity index is 1.74. The van der Waals surface area contributed by atoms with Crippen LogP contribution in [0.2, 0.25) is 0 Å². The summed E-state index contributed by atoms with van der Waals surface area (Å²) in [4.78, 5) is 2.40. The van der Waals surface area contributed by atoms with Gasteiger partial charge in [0.05, 0.1) is 6.07 Å². The molecule has 0 spiro atoms. The molecule has 0 aliphatic heterocycles. The van der Waals surface area contributed by atoms with Gasteiger partial charge in [-0.05, 0) is 37.5 Å². The highest BCUT2D eigenvalue weighted by molar-refractivity contribution is 6.22. The van der Waals surface area contributed by atoms with Crippen molar-refractivity contribution in [3.63, 3.8) is 0 Å². The number of alkyl halides is 1. The van der Waals surface area contributed by atoms with E-state index in [4.69, 9.17) is 16.9 Å². The van der Waals surface area contributed by atoms with Crippen molar-refractivity contribution in [3.05, 3.63) is 0 Å². The molecular weight excluding hydrogens is 196 g/mol. The molecule has 0 N–H and O–H groups in total. The Morgan fingerprint density at radius 1 is 1.21 bits per heavy atom. The Labute approximate surface area is 90.8 Å². The maximum absolute atomic E-state index is 8.67. The van der Waals surface area contributed by atoms with Gasteiger partial charge < -0.3 is 4.90 Å². The molecule has 2 nitrogen and oxygen atoms in total. The van der Waals surface area contributed by atoms with Crippen LogP contribution < -0.4 is 0 Å². The van der Waals surface area contributed by atoms with E-state index < -0.39 is 0 Å². The van der Waals surface area contributed by atoms with E-state index >= 15 is 0 Å². The molecule has 0 amide bonds. The van der Waals surface area contributed by atoms with Gasteiger partial charge >= 0.3 is 0 Å². The first kappa shape index (κ1) is 10.3. The predicted molar refractivity (Wildman–Crippen MR) is 57.1 cm³/mol. The lowest BCUT2D eigenvalue weighted by Crippen LogP contribution is -2.33. The predicted octanol–water partition coefficient (Wildman–Crippen LogP) is 2.24. The molecule has 2 fully saturated rings. The van der Waals surface area contributed by atoms with Crippen LogP contribution in [0.15, 0.2) is 0 Å². The largest absolute Gasteiger partial charge is 0.300 e. The first-order valence-electron chi connectivity index (χ1n) is 5.54. The van der Waals surface area contributed by atoms with Gasteiger partial charge in [-0.15, -0.1) is 11.6 Å². The van der Waals surface area contributed by atoms with Crippen LogP contribution in [0.5, 0.6) is 0 Å². The summed E-state index contributed by atoms with van der Waals surface area (Å²) in [6.07, 6.45) is 5.50. The molecule has 0 aromatic rings. The van der Waals surface area contributed by atoms with E-state index in [0.29, 0.717) is 0 Å². The molecule has 2 saturated carbocycles. The minimum atomic E-state index is -0.326. The third-order valence-electron chi connectivity index (χ3n) is 2.99. The SMILES string of the molecule is N#CC(Cl)CN(CC1CC1)CC1CC1. The fourth-order valence-corrected chi connectivity index (χ4v) is 2.02. The van der Waals surface area contributed by atoms with Crippen molar-refractivity contribution in [2.45, 2.75) is 31.1 Å². The van der Waals surface area contributed by atoms with Gasteiger partial charge in [-0.25, -0.2) is 0 Å².